The van der Waals surface area contributed by atoms with Crippen LogP contribution in [0, 0.1) is 5.92 Å². The fraction of sp³-hybridized carbons (Fsp3) is 0.929. The molecule has 2 unspecified atom stereocenters. The van der Waals surface area contributed by atoms with Crippen molar-refractivity contribution in [3.63, 3.8) is 0 Å². The van der Waals surface area contributed by atoms with Gasteiger partial charge < -0.3 is 10.5 Å². The van der Waals surface area contributed by atoms with E-state index < -0.39 is 5.60 Å². The molecule has 1 aliphatic rings. The lowest BCUT2D eigenvalue weighted by molar-refractivity contribution is 0.00498. The zero-order valence-electron chi connectivity index (χ0n) is 12.2. The van der Waals surface area contributed by atoms with Crippen molar-refractivity contribution < 1.29 is 9.53 Å². The van der Waals surface area contributed by atoms with Gasteiger partial charge in [0.25, 0.3) is 0 Å². The van der Waals surface area contributed by atoms with Gasteiger partial charge in [0, 0.05) is 6.54 Å². The van der Waals surface area contributed by atoms with Gasteiger partial charge in [-0.05, 0) is 39.5 Å². The smallest absolute Gasteiger partial charge is 0.411 e. The van der Waals surface area contributed by atoms with Gasteiger partial charge in [0.2, 0.25) is 0 Å². The minimum atomic E-state index is -0.449. The summed E-state index contributed by atoms with van der Waals surface area (Å²) >= 11 is 0. The van der Waals surface area contributed by atoms with Crippen LogP contribution in [-0.4, -0.2) is 29.3 Å². The normalized spacial score (nSPS) is 25.1. The average molecular weight is 256 g/mol. The van der Waals surface area contributed by atoms with Gasteiger partial charge in [0.15, 0.2) is 0 Å². The summed E-state index contributed by atoms with van der Waals surface area (Å²) < 4.78 is 5.37. The van der Waals surface area contributed by atoms with E-state index in [-0.39, 0.29) is 12.3 Å². The highest BCUT2D eigenvalue weighted by Crippen LogP contribution is 2.26. The molecule has 4 nitrogen and oxygen atoms in total. The average Bonchev–Trinajstić information content (AvgIpc) is 2.23. The third-order valence-electron chi connectivity index (χ3n) is 3.35. The number of ether oxygens (including phenoxy) is 1. The maximum absolute atomic E-state index is 12.0. The van der Waals surface area contributed by atoms with Gasteiger partial charge in [-0.15, -0.1) is 0 Å². The summed E-state index contributed by atoms with van der Waals surface area (Å²) in [6.07, 6.45) is 5.20. The fourth-order valence-corrected chi connectivity index (χ4v) is 2.38. The van der Waals surface area contributed by atoms with E-state index in [1.165, 1.54) is 19.3 Å². The van der Waals surface area contributed by atoms with Crippen LogP contribution in [0.15, 0.2) is 0 Å². The molecule has 1 aliphatic heterocycles. The first kappa shape index (κ1) is 15.3. The third-order valence-corrected chi connectivity index (χ3v) is 3.35. The zero-order chi connectivity index (χ0) is 13.8. The lowest BCUT2D eigenvalue weighted by Gasteiger charge is -2.38. The molecule has 0 aromatic carbocycles. The van der Waals surface area contributed by atoms with Crippen molar-refractivity contribution in [3.8, 4) is 0 Å². The number of nitrogens with two attached hydrogens (primary N) is 1. The van der Waals surface area contributed by atoms with Crippen molar-refractivity contribution >= 4 is 6.09 Å². The number of unbranched alkanes of at least 4 members (excludes halogenated alkanes) is 1. The number of amides is 1. The number of hydrogen-bond donors (Lipinski definition) is 1. The number of nitrogens with zero attached hydrogens (tertiary/aromatic N) is 1. The Morgan fingerprint density at radius 3 is 2.61 bits per heavy atom. The van der Waals surface area contributed by atoms with Crippen LogP contribution >= 0.6 is 0 Å². The highest BCUT2D eigenvalue weighted by molar-refractivity contribution is 5.68. The van der Waals surface area contributed by atoms with E-state index >= 15 is 0 Å². The SMILES string of the molecule is CCCCC1CCN(C(=O)OC(C)(C)C)C(N)C1. The predicted molar refractivity (Wildman–Crippen MR) is 73.2 cm³/mol. The van der Waals surface area contributed by atoms with Crippen molar-refractivity contribution in [1.82, 2.24) is 4.90 Å². The molecule has 1 amide bonds. The molecule has 0 spiro atoms. The second-order valence-electron chi connectivity index (χ2n) is 6.27. The van der Waals surface area contributed by atoms with Crippen molar-refractivity contribution in [1.29, 1.82) is 0 Å². The van der Waals surface area contributed by atoms with Crippen molar-refractivity contribution in [3.05, 3.63) is 0 Å². The summed E-state index contributed by atoms with van der Waals surface area (Å²) in [5, 5.41) is 0. The summed E-state index contributed by atoms with van der Waals surface area (Å²) in [5.74, 6) is 0.665. The van der Waals surface area contributed by atoms with E-state index in [9.17, 15) is 4.79 Å². The molecule has 1 fully saturated rings. The first-order valence-electron chi connectivity index (χ1n) is 7.08. The maximum Gasteiger partial charge on any atom is 0.411 e. The Labute approximate surface area is 111 Å². The highest BCUT2D eigenvalue weighted by atomic mass is 16.6. The lowest BCUT2D eigenvalue weighted by atomic mass is 9.90. The van der Waals surface area contributed by atoms with Gasteiger partial charge in [0.05, 0.1) is 6.17 Å². The Balaban J connectivity index is 2.44. The van der Waals surface area contributed by atoms with Gasteiger partial charge >= 0.3 is 6.09 Å². The van der Waals surface area contributed by atoms with Gasteiger partial charge in [-0.25, -0.2) is 4.79 Å². The quantitative estimate of drug-likeness (QED) is 0.844. The Bertz CT molecular complexity index is 273. The van der Waals surface area contributed by atoms with Crippen LogP contribution in [0.1, 0.15) is 59.8 Å². The van der Waals surface area contributed by atoms with Gasteiger partial charge in [-0.3, -0.25) is 4.90 Å². The molecule has 1 rings (SSSR count). The summed E-state index contributed by atoms with van der Waals surface area (Å²) in [5.41, 5.74) is 5.64. The number of carbonyl (C=O) groups is 1. The molecule has 106 valence electrons. The van der Waals surface area contributed by atoms with E-state index in [4.69, 9.17) is 10.5 Å². The second kappa shape index (κ2) is 6.41. The van der Waals surface area contributed by atoms with Crippen LogP contribution in [0.4, 0.5) is 4.79 Å². The Morgan fingerprint density at radius 1 is 1.44 bits per heavy atom. The first-order valence-corrected chi connectivity index (χ1v) is 7.08. The number of carbonyl (C=O) groups excluding carboxylic acids is 1. The van der Waals surface area contributed by atoms with Crippen LogP contribution in [0.3, 0.4) is 0 Å². The predicted octanol–water partition coefficient (Wildman–Crippen LogP) is 3.11. The summed E-state index contributed by atoms with van der Waals surface area (Å²) in [6.45, 7) is 8.57. The lowest BCUT2D eigenvalue weighted by Crippen LogP contribution is -2.52. The third kappa shape index (κ3) is 4.84. The van der Waals surface area contributed by atoms with Crippen molar-refractivity contribution in [2.24, 2.45) is 11.7 Å². The molecule has 2 N–H and O–H groups in total. The molecule has 0 bridgehead atoms. The first-order chi connectivity index (χ1) is 8.33. The number of likely N-dealkylation sites (tertiary alicyclic amines) is 1. The van der Waals surface area contributed by atoms with E-state index in [2.05, 4.69) is 6.92 Å². The Morgan fingerprint density at radius 2 is 2.11 bits per heavy atom. The summed E-state index contributed by atoms with van der Waals surface area (Å²) in [6, 6.07) is 0. The Kier molecular flexibility index (Phi) is 5.45. The molecule has 0 aliphatic carbocycles. The molecule has 1 heterocycles. The molecule has 0 radical (unpaired) electrons. The van der Waals surface area contributed by atoms with Gasteiger partial charge in [-0.1, -0.05) is 26.2 Å². The standard InChI is InChI=1S/C14H28N2O2/c1-5-6-7-11-8-9-16(12(15)10-11)13(17)18-14(2,3)4/h11-12H,5-10,15H2,1-4H3. The minimum Gasteiger partial charge on any atom is -0.444 e. The second-order valence-corrected chi connectivity index (χ2v) is 6.27. The highest BCUT2D eigenvalue weighted by Gasteiger charge is 2.31. The van der Waals surface area contributed by atoms with Crippen LogP contribution in [0.25, 0.3) is 0 Å². The molecule has 18 heavy (non-hydrogen) atoms. The summed E-state index contributed by atoms with van der Waals surface area (Å²) in [4.78, 5) is 13.6. The largest absolute Gasteiger partial charge is 0.444 e. The van der Waals surface area contributed by atoms with E-state index in [1.54, 1.807) is 4.90 Å². The minimum absolute atomic E-state index is 0.185. The molecule has 0 saturated carbocycles. The van der Waals surface area contributed by atoms with Crippen molar-refractivity contribution in [2.75, 3.05) is 6.54 Å². The molecule has 0 aromatic rings. The molecule has 4 heteroatoms. The van der Waals surface area contributed by atoms with Crippen LogP contribution in [-0.2, 0) is 4.74 Å². The van der Waals surface area contributed by atoms with Crippen molar-refractivity contribution in [2.45, 2.75) is 71.6 Å². The number of hydrogen-bond acceptors (Lipinski definition) is 3. The summed E-state index contributed by atoms with van der Waals surface area (Å²) in [7, 11) is 0. The zero-order valence-corrected chi connectivity index (χ0v) is 12.2. The van der Waals surface area contributed by atoms with Gasteiger partial charge in [-0.2, -0.15) is 0 Å². The molecule has 2 atom stereocenters. The molecular weight excluding hydrogens is 228 g/mol. The van der Waals surface area contributed by atoms with E-state index in [1.807, 2.05) is 20.8 Å². The molecule has 1 saturated heterocycles. The van der Waals surface area contributed by atoms with E-state index in [0.717, 1.165) is 19.4 Å². The topological polar surface area (TPSA) is 55.6 Å². The molecule has 0 aromatic heterocycles. The fourth-order valence-electron chi connectivity index (χ4n) is 2.38. The van der Waals surface area contributed by atoms with Crippen LogP contribution in [0.5, 0.6) is 0 Å². The Hall–Kier alpha value is -0.770. The molecular formula is C14H28N2O2. The van der Waals surface area contributed by atoms with Crippen LogP contribution in [0.2, 0.25) is 0 Å². The van der Waals surface area contributed by atoms with Crippen LogP contribution < -0.4 is 5.73 Å². The number of piperidine rings is 1. The monoisotopic (exact) mass is 256 g/mol. The van der Waals surface area contributed by atoms with Gasteiger partial charge in [0.1, 0.15) is 5.60 Å². The maximum atomic E-state index is 12.0. The van der Waals surface area contributed by atoms with E-state index in [0.29, 0.717) is 5.92 Å². The number of rotatable bonds is 3.